The second-order valence-electron chi connectivity index (χ2n) is 11.9. The van der Waals surface area contributed by atoms with Gasteiger partial charge in [0.1, 0.15) is 17.4 Å². The summed E-state index contributed by atoms with van der Waals surface area (Å²) in [6, 6.07) is 12.2. The number of para-hydroxylation sites is 1. The van der Waals surface area contributed by atoms with Crippen molar-refractivity contribution in [3.05, 3.63) is 58.5 Å². The van der Waals surface area contributed by atoms with Gasteiger partial charge in [0, 0.05) is 26.6 Å². The molecule has 2 saturated heterocycles. The van der Waals surface area contributed by atoms with Crippen LogP contribution >= 0.6 is 0 Å². The standard InChI is InChI=1S/C31H38N4O6/c1-31(2,3)41-29(38)21-15-17-33(18-16-21)23-7-6-8-24-27(23)32(4)30(39)35(24)25-13-14-26(36)34(28(25)37)19-20-9-11-22(40-5)12-10-20/h6-12,21,25H,13-19H2,1-5H3. The zero-order chi connectivity index (χ0) is 29.5. The van der Waals surface area contributed by atoms with Crippen LogP contribution in [0.2, 0.25) is 0 Å². The first-order chi connectivity index (χ1) is 19.5. The number of anilines is 1. The van der Waals surface area contributed by atoms with Crippen LogP contribution in [0.1, 0.15) is 58.1 Å². The lowest BCUT2D eigenvalue weighted by Gasteiger charge is -2.34. The van der Waals surface area contributed by atoms with Crippen LogP contribution in [-0.2, 0) is 32.7 Å². The molecule has 3 aromatic rings. The molecule has 1 aromatic heterocycles. The van der Waals surface area contributed by atoms with Crippen LogP contribution in [0.25, 0.3) is 11.0 Å². The van der Waals surface area contributed by atoms with E-state index in [1.54, 1.807) is 35.4 Å². The number of aromatic nitrogens is 2. The molecule has 2 aromatic carbocycles. The maximum Gasteiger partial charge on any atom is 0.329 e. The summed E-state index contributed by atoms with van der Waals surface area (Å²) in [6.07, 6.45) is 1.75. The van der Waals surface area contributed by atoms with E-state index in [1.165, 1.54) is 4.90 Å². The van der Waals surface area contributed by atoms with Crippen LogP contribution in [0, 0.1) is 5.92 Å². The number of aryl methyl sites for hydroxylation is 1. The fraction of sp³-hybridized carbons (Fsp3) is 0.484. The zero-order valence-electron chi connectivity index (χ0n) is 24.4. The van der Waals surface area contributed by atoms with E-state index < -0.39 is 11.6 Å². The van der Waals surface area contributed by atoms with Crippen molar-refractivity contribution in [1.29, 1.82) is 0 Å². The van der Waals surface area contributed by atoms with Gasteiger partial charge in [-0.05, 0) is 69.9 Å². The second kappa shape index (κ2) is 11.1. The molecule has 10 nitrogen and oxygen atoms in total. The van der Waals surface area contributed by atoms with E-state index in [0.717, 1.165) is 16.8 Å². The van der Waals surface area contributed by atoms with Crippen LogP contribution < -0.4 is 15.3 Å². The number of imidazole rings is 1. The highest BCUT2D eigenvalue weighted by Gasteiger charge is 2.38. The van der Waals surface area contributed by atoms with E-state index in [4.69, 9.17) is 9.47 Å². The molecule has 0 spiro atoms. The first kappa shape index (κ1) is 28.4. The summed E-state index contributed by atoms with van der Waals surface area (Å²) in [6.45, 7) is 7.05. The van der Waals surface area contributed by atoms with Gasteiger partial charge in [0.05, 0.1) is 36.3 Å². The van der Waals surface area contributed by atoms with Gasteiger partial charge in [-0.1, -0.05) is 18.2 Å². The summed E-state index contributed by atoms with van der Waals surface area (Å²) in [5, 5.41) is 0. The summed E-state index contributed by atoms with van der Waals surface area (Å²) in [4.78, 5) is 56.2. The number of likely N-dealkylation sites (tertiary alicyclic amines) is 1. The minimum atomic E-state index is -0.782. The molecule has 1 unspecified atom stereocenters. The van der Waals surface area contributed by atoms with Gasteiger partial charge < -0.3 is 14.4 Å². The van der Waals surface area contributed by atoms with E-state index in [-0.39, 0.29) is 48.8 Å². The Morgan fingerprint density at radius 2 is 1.66 bits per heavy atom. The van der Waals surface area contributed by atoms with Crippen molar-refractivity contribution in [2.24, 2.45) is 13.0 Å². The SMILES string of the molecule is COc1ccc(CN2C(=O)CCC(n3c(=O)n(C)c4c(N5CCC(C(=O)OC(C)(C)C)CC5)cccc43)C2=O)cc1. The highest BCUT2D eigenvalue weighted by molar-refractivity contribution is 6.00. The largest absolute Gasteiger partial charge is 0.497 e. The Hall–Kier alpha value is -4.08. The number of imide groups is 1. The first-order valence-corrected chi connectivity index (χ1v) is 14.1. The maximum atomic E-state index is 13.7. The van der Waals surface area contributed by atoms with Crippen molar-refractivity contribution in [3.8, 4) is 5.75 Å². The molecule has 41 heavy (non-hydrogen) atoms. The van der Waals surface area contributed by atoms with Crippen LogP contribution in [0.15, 0.2) is 47.3 Å². The Morgan fingerprint density at radius 3 is 2.29 bits per heavy atom. The molecule has 2 amide bonds. The van der Waals surface area contributed by atoms with E-state index >= 15 is 0 Å². The van der Waals surface area contributed by atoms with Gasteiger partial charge in [-0.2, -0.15) is 0 Å². The Morgan fingerprint density at radius 1 is 0.976 bits per heavy atom. The van der Waals surface area contributed by atoms with Crippen molar-refractivity contribution in [2.75, 3.05) is 25.1 Å². The molecule has 0 bridgehead atoms. The molecular weight excluding hydrogens is 524 g/mol. The Bertz CT molecular complexity index is 1520. The zero-order valence-corrected chi connectivity index (χ0v) is 24.4. The summed E-state index contributed by atoms with van der Waals surface area (Å²) < 4.78 is 13.9. The molecule has 2 aliphatic rings. The summed E-state index contributed by atoms with van der Waals surface area (Å²) in [7, 11) is 3.29. The normalized spacial score (nSPS) is 18.7. The van der Waals surface area contributed by atoms with Crippen LogP contribution in [0.4, 0.5) is 5.69 Å². The van der Waals surface area contributed by atoms with Gasteiger partial charge in [0.2, 0.25) is 5.91 Å². The predicted octanol–water partition coefficient (Wildman–Crippen LogP) is 3.80. The Kier molecular flexibility index (Phi) is 7.68. The Labute approximate surface area is 239 Å². The van der Waals surface area contributed by atoms with Gasteiger partial charge in [-0.25, -0.2) is 4.79 Å². The van der Waals surface area contributed by atoms with E-state index in [1.807, 2.05) is 51.1 Å². The van der Waals surface area contributed by atoms with Gasteiger partial charge in [0.15, 0.2) is 0 Å². The number of esters is 1. The number of rotatable bonds is 6. The van der Waals surface area contributed by atoms with Gasteiger partial charge in [-0.15, -0.1) is 0 Å². The van der Waals surface area contributed by atoms with E-state index in [2.05, 4.69) is 4.90 Å². The summed E-state index contributed by atoms with van der Waals surface area (Å²) in [5.74, 6) is -0.264. The number of piperidine rings is 2. The molecule has 0 radical (unpaired) electrons. The smallest absolute Gasteiger partial charge is 0.329 e. The number of benzene rings is 2. The molecule has 1 atom stereocenters. The topological polar surface area (TPSA) is 103 Å². The first-order valence-electron chi connectivity index (χ1n) is 14.1. The fourth-order valence-electron chi connectivity index (χ4n) is 5.86. The number of amides is 2. The molecule has 3 heterocycles. The van der Waals surface area contributed by atoms with Gasteiger partial charge in [-0.3, -0.25) is 28.4 Å². The third-order valence-electron chi connectivity index (χ3n) is 7.95. The van der Waals surface area contributed by atoms with Crippen molar-refractivity contribution in [3.63, 3.8) is 0 Å². The van der Waals surface area contributed by atoms with Crippen LogP contribution in [0.5, 0.6) is 5.75 Å². The van der Waals surface area contributed by atoms with Crippen molar-refractivity contribution in [2.45, 2.75) is 64.6 Å². The second-order valence-corrected chi connectivity index (χ2v) is 11.9. The molecule has 0 saturated carbocycles. The monoisotopic (exact) mass is 562 g/mol. The quantitative estimate of drug-likeness (QED) is 0.333. The van der Waals surface area contributed by atoms with Crippen LogP contribution in [-0.4, -0.2) is 57.6 Å². The molecule has 0 aliphatic carbocycles. The third-order valence-corrected chi connectivity index (χ3v) is 7.95. The molecule has 218 valence electrons. The maximum absolute atomic E-state index is 13.7. The molecule has 10 heteroatoms. The van der Waals surface area contributed by atoms with E-state index in [0.29, 0.717) is 37.2 Å². The van der Waals surface area contributed by atoms with Gasteiger partial charge in [0.25, 0.3) is 5.91 Å². The minimum Gasteiger partial charge on any atom is -0.497 e. The Balaban J connectivity index is 1.41. The average molecular weight is 563 g/mol. The molecule has 2 aliphatic heterocycles. The number of hydrogen-bond donors (Lipinski definition) is 0. The molecule has 2 fully saturated rings. The average Bonchev–Trinajstić information content (AvgIpc) is 3.20. The molecule has 5 rings (SSSR count). The number of carbonyl (C=O) groups excluding carboxylic acids is 3. The highest BCUT2D eigenvalue weighted by Crippen LogP contribution is 2.34. The lowest BCUT2D eigenvalue weighted by Crippen LogP contribution is -2.47. The van der Waals surface area contributed by atoms with Gasteiger partial charge >= 0.3 is 11.7 Å². The predicted molar refractivity (Wildman–Crippen MR) is 155 cm³/mol. The number of carbonyl (C=O) groups is 3. The lowest BCUT2D eigenvalue weighted by molar-refractivity contribution is -0.160. The highest BCUT2D eigenvalue weighted by atomic mass is 16.6. The molecular formula is C31H38N4O6. The molecule has 0 N–H and O–H groups in total. The summed E-state index contributed by atoms with van der Waals surface area (Å²) >= 11 is 0. The van der Waals surface area contributed by atoms with Crippen molar-refractivity contribution < 1.29 is 23.9 Å². The fourth-order valence-corrected chi connectivity index (χ4v) is 5.86. The third kappa shape index (κ3) is 5.60. The number of methoxy groups -OCH3 is 1. The summed E-state index contributed by atoms with van der Waals surface area (Å²) in [5.41, 5.74) is 2.26. The van der Waals surface area contributed by atoms with Crippen molar-refractivity contribution >= 4 is 34.5 Å². The van der Waals surface area contributed by atoms with Crippen LogP contribution in [0.3, 0.4) is 0 Å². The number of ether oxygens (including phenoxy) is 2. The van der Waals surface area contributed by atoms with E-state index in [9.17, 15) is 19.2 Å². The number of nitrogens with zero attached hydrogens (tertiary/aromatic N) is 4. The minimum absolute atomic E-state index is 0.134. The lowest BCUT2D eigenvalue weighted by atomic mass is 9.96. The number of fused-ring (bicyclic) bond motifs is 1. The van der Waals surface area contributed by atoms with Crippen molar-refractivity contribution in [1.82, 2.24) is 14.0 Å². The number of hydrogen-bond acceptors (Lipinski definition) is 7.